The molecule has 1 aromatic carbocycles. The van der Waals surface area contributed by atoms with Gasteiger partial charge in [-0.2, -0.15) is 0 Å². The van der Waals surface area contributed by atoms with Crippen molar-refractivity contribution in [2.24, 2.45) is 5.73 Å². The minimum absolute atomic E-state index is 0. The predicted octanol–water partition coefficient (Wildman–Crippen LogP) is 3.70. The number of thiophene rings is 1. The quantitative estimate of drug-likeness (QED) is 0.728. The van der Waals surface area contributed by atoms with Gasteiger partial charge >= 0.3 is 0 Å². The molecular formula is C13H13ClN2S. The van der Waals surface area contributed by atoms with Gasteiger partial charge in [-0.25, -0.2) is 0 Å². The van der Waals surface area contributed by atoms with Crippen LogP contribution in [0.15, 0.2) is 48.0 Å². The first-order valence-corrected chi connectivity index (χ1v) is 6.08. The van der Waals surface area contributed by atoms with Crippen molar-refractivity contribution >= 4 is 34.6 Å². The van der Waals surface area contributed by atoms with E-state index >= 15 is 0 Å². The molecule has 0 aliphatic heterocycles. The van der Waals surface area contributed by atoms with Crippen LogP contribution >= 0.6 is 23.7 Å². The number of aromatic nitrogens is 1. The summed E-state index contributed by atoms with van der Waals surface area (Å²) in [5.41, 5.74) is 8.51. The Morgan fingerprint density at radius 1 is 1.18 bits per heavy atom. The van der Waals surface area contributed by atoms with Crippen LogP contribution < -0.4 is 5.73 Å². The molecule has 0 saturated heterocycles. The number of hydrogen-bond acceptors (Lipinski definition) is 2. The first-order valence-electron chi connectivity index (χ1n) is 5.20. The highest BCUT2D eigenvalue weighted by Crippen LogP contribution is 2.25. The molecule has 4 heteroatoms. The van der Waals surface area contributed by atoms with Crippen molar-refractivity contribution in [2.75, 3.05) is 0 Å². The van der Waals surface area contributed by atoms with Gasteiger partial charge < -0.3 is 10.7 Å². The molecule has 0 amide bonds. The molecule has 2 nitrogen and oxygen atoms in total. The van der Waals surface area contributed by atoms with E-state index in [1.54, 1.807) is 11.3 Å². The second kappa shape index (κ2) is 4.92. The molecule has 0 bridgehead atoms. The molecule has 17 heavy (non-hydrogen) atoms. The molecule has 3 N–H and O–H groups in total. The fourth-order valence-electron chi connectivity index (χ4n) is 1.89. The maximum Gasteiger partial charge on any atom is 0.0646 e. The molecule has 0 fully saturated rings. The first-order chi connectivity index (χ1) is 7.84. The number of fused-ring (bicyclic) bond motifs is 1. The Kier molecular flexibility index (Phi) is 3.52. The second-order valence-electron chi connectivity index (χ2n) is 3.82. The molecule has 0 saturated carbocycles. The van der Waals surface area contributed by atoms with Crippen LogP contribution in [0.25, 0.3) is 10.9 Å². The standard InChI is InChI=1S/C13H12N2S.ClH/c14-13(12-2-1-7-16-12)10-4-3-9-5-6-15-11(9)8-10;/h1-8,13,15H,14H2;1H/t13-;/m0./s1. The largest absolute Gasteiger partial charge is 0.361 e. The van der Waals surface area contributed by atoms with E-state index in [2.05, 4.69) is 40.7 Å². The smallest absolute Gasteiger partial charge is 0.0646 e. The zero-order valence-corrected chi connectivity index (χ0v) is 10.7. The maximum absolute atomic E-state index is 6.22. The maximum atomic E-state index is 6.22. The summed E-state index contributed by atoms with van der Waals surface area (Å²) in [7, 11) is 0. The highest BCUT2D eigenvalue weighted by molar-refractivity contribution is 7.10. The highest BCUT2D eigenvalue weighted by Gasteiger charge is 2.10. The number of nitrogens with one attached hydrogen (secondary N) is 1. The van der Waals surface area contributed by atoms with E-state index in [-0.39, 0.29) is 18.4 Å². The van der Waals surface area contributed by atoms with Crippen molar-refractivity contribution in [1.82, 2.24) is 4.98 Å². The third kappa shape index (κ3) is 2.22. The third-order valence-corrected chi connectivity index (χ3v) is 3.74. The van der Waals surface area contributed by atoms with E-state index < -0.39 is 0 Å². The number of H-pyrrole nitrogens is 1. The summed E-state index contributed by atoms with van der Waals surface area (Å²) >= 11 is 1.70. The summed E-state index contributed by atoms with van der Waals surface area (Å²) in [5.74, 6) is 0. The molecule has 0 unspecified atom stereocenters. The van der Waals surface area contributed by atoms with Gasteiger partial charge in [0.05, 0.1) is 6.04 Å². The monoisotopic (exact) mass is 264 g/mol. The average Bonchev–Trinajstić information content (AvgIpc) is 2.98. The van der Waals surface area contributed by atoms with Crippen LogP contribution in [0.1, 0.15) is 16.5 Å². The number of aromatic amines is 1. The first kappa shape index (κ1) is 12.2. The van der Waals surface area contributed by atoms with Gasteiger partial charge in [-0.05, 0) is 34.5 Å². The van der Waals surface area contributed by atoms with E-state index in [0.29, 0.717) is 0 Å². The van der Waals surface area contributed by atoms with Gasteiger partial charge in [-0.15, -0.1) is 23.7 Å². The zero-order chi connectivity index (χ0) is 11.0. The van der Waals surface area contributed by atoms with Crippen LogP contribution in [0.3, 0.4) is 0 Å². The van der Waals surface area contributed by atoms with Crippen molar-refractivity contribution in [3.05, 3.63) is 58.4 Å². The Morgan fingerprint density at radius 2 is 2.06 bits per heavy atom. The Labute approximate surface area is 110 Å². The minimum atomic E-state index is -0.0206. The third-order valence-electron chi connectivity index (χ3n) is 2.79. The van der Waals surface area contributed by atoms with Crippen molar-refractivity contribution < 1.29 is 0 Å². The van der Waals surface area contributed by atoms with Crippen LogP contribution in [-0.2, 0) is 0 Å². The van der Waals surface area contributed by atoms with Crippen LogP contribution in [-0.4, -0.2) is 4.98 Å². The Bertz CT molecular complexity index is 601. The Hall–Kier alpha value is -1.29. The molecule has 0 spiro atoms. The summed E-state index contributed by atoms with van der Waals surface area (Å²) < 4.78 is 0. The van der Waals surface area contributed by atoms with Gasteiger partial charge in [0.25, 0.3) is 0 Å². The molecule has 1 atom stereocenters. The van der Waals surface area contributed by atoms with Gasteiger partial charge in [-0.1, -0.05) is 18.2 Å². The van der Waals surface area contributed by atoms with Crippen LogP contribution in [0.5, 0.6) is 0 Å². The fourth-order valence-corrected chi connectivity index (χ4v) is 2.65. The van der Waals surface area contributed by atoms with Crippen LogP contribution in [0, 0.1) is 0 Å². The van der Waals surface area contributed by atoms with Gasteiger partial charge in [0.2, 0.25) is 0 Å². The van der Waals surface area contributed by atoms with Crippen molar-refractivity contribution in [2.45, 2.75) is 6.04 Å². The molecule has 2 aromatic heterocycles. The molecule has 0 radical (unpaired) electrons. The summed E-state index contributed by atoms with van der Waals surface area (Å²) in [5, 5.41) is 3.28. The summed E-state index contributed by atoms with van der Waals surface area (Å²) in [6.45, 7) is 0. The fraction of sp³-hybridized carbons (Fsp3) is 0.0769. The lowest BCUT2D eigenvalue weighted by Crippen LogP contribution is -2.09. The molecule has 3 rings (SSSR count). The van der Waals surface area contributed by atoms with E-state index in [9.17, 15) is 0 Å². The number of rotatable bonds is 2. The summed E-state index contributed by atoms with van der Waals surface area (Å²) in [4.78, 5) is 4.41. The van der Waals surface area contributed by atoms with Crippen molar-refractivity contribution in [1.29, 1.82) is 0 Å². The number of benzene rings is 1. The number of hydrogen-bond donors (Lipinski definition) is 2. The Balaban J connectivity index is 0.00000108. The van der Waals surface area contributed by atoms with Gasteiger partial charge in [0.1, 0.15) is 0 Å². The lowest BCUT2D eigenvalue weighted by molar-refractivity contribution is 0.895. The minimum Gasteiger partial charge on any atom is -0.361 e. The van der Waals surface area contributed by atoms with E-state index in [1.165, 1.54) is 10.3 Å². The van der Waals surface area contributed by atoms with Crippen LogP contribution in [0.4, 0.5) is 0 Å². The average molecular weight is 265 g/mol. The molecule has 3 aromatic rings. The van der Waals surface area contributed by atoms with Crippen molar-refractivity contribution in [3.8, 4) is 0 Å². The lowest BCUT2D eigenvalue weighted by atomic mass is 10.0. The van der Waals surface area contributed by atoms with Gasteiger partial charge in [0.15, 0.2) is 0 Å². The number of halogens is 1. The summed E-state index contributed by atoms with van der Waals surface area (Å²) in [6.07, 6.45) is 1.95. The SMILES string of the molecule is Cl.N[C@@H](c1ccc2cc[nH]c2c1)c1cccs1. The predicted molar refractivity (Wildman–Crippen MR) is 75.9 cm³/mol. The lowest BCUT2D eigenvalue weighted by Gasteiger charge is -2.09. The van der Waals surface area contributed by atoms with Crippen molar-refractivity contribution in [3.63, 3.8) is 0 Å². The van der Waals surface area contributed by atoms with E-state index in [0.717, 1.165) is 11.1 Å². The number of nitrogens with two attached hydrogens (primary N) is 1. The van der Waals surface area contributed by atoms with E-state index in [1.807, 2.05) is 12.3 Å². The molecule has 88 valence electrons. The van der Waals surface area contributed by atoms with Crippen LogP contribution in [0.2, 0.25) is 0 Å². The molecule has 0 aliphatic rings. The molecule has 2 heterocycles. The van der Waals surface area contributed by atoms with Gasteiger partial charge in [-0.3, -0.25) is 0 Å². The van der Waals surface area contributed by atoms with Gasteiger partial charge in [0, 0.05) is 16.6 Å². The van der Waals surface area contributed by atoms with E-state index in [4.69, 9.17) is 5.73 Å². The Morgan fingerprint density at radius 3 is 2.82 bits per heavy atom. The molecular weight excluding hydrogens is 252 g/mol. The topological polar surface area (TPSA) is 41.8 Å². The molecule has 0 aliphatic carbocycles. The highest BCUT2D eigenvalue weighted by atomic mass is 35.5. The normalized spacial score (nSPS) is 12.3. The zero-order valence-electron chi connectivity index (χ0n) is 9.09. The second-order valence-corrected chi connectivity index (χ2v) is 4.80. The summed E-state index contributed by atoms with van der Waals surface area (Å²) in [6, 6.07) is 12.5.